The summed E-state index contributed by atoms with van der Waals surface area (Å²) in [7, 11) is -3.09. The summed E-state index contributed by atoms with van der Waals surface area (Å²) in [6, 6.07) is 7.43. The molecule has 0 aromatic heterocycles. The molecular formula is C15H25NO3S. The van der Waals surface area contributed by atoms with Crippen LogP contribution in [0.4, 0.5) is 0 Å². The molecule has 0 radical (unpaired) electrons. The van der Waals surface area contributed by atoms with Crippen molar-refractivity contribution in [2.75, 3.05) is 19.4 Å². The molecule has 2 atom stereocenters. The zero-order valence-corrected chi connectivity index (χ0v) is 13.5. The molecule has 114 valence electrons. The second kappa shape index (κ2) is 7.64. The Morgan fingerprint density at radius 2 is 1.80 bits per heavy atom. The summed E-state index contributed by atoms with van der Waals surface area (Å²) in [4.78, 5) is 0. The van der Waals surface area contributed by atoms with Crippen LogP contribution >= 0.6 is 0 Å². The van der Waals surface area contributed by atoms with Crippen molar-refractivity contribution in [3.8, 4) is 5.75 Å². The van der Waals surface area contributed by atoms with Crippen molar-refractivity contribution in [1.82, 2.24) is 5.32 Å². The Balaban J connectivity index is 2.98. The van der Waals surface area contributed by atoms with Gasteiger partial charge in [0.25, 0.3) is 0 Å². The minimum atomic E-state index is -3.09. The Kier molecular flexibility index (Phi) is 6.49. The Labute approximate surface area is 122 Å². The molecule has 1 aromatic rings. The molecule has 0 heterocycles. The molecule has 1 rings (SSSR count). The van der Waals surface area contributed by atoms with E-state index < -0.39 is 15.1 Å². The quantitative estimate of drug-likeness (QED) is 0.801. The van der Waals surface area contributed by atoms with Crippen molar-refractivity contribution in [3.05, 3.63) is 29.8 Å². The molecule has 0 amide bonds. The van der Waals surface area contributed by atoms with Crippen LogP contribution in [0.1, 0.15) is 38.8 Å². The summed E-state index contributed by atoms with van der Waals surface area (Å²) in [5, 5.41) is 2.86. The maximum atomic E-state index is 11.8. The van der Waals surface area contributed by atoms with Crippen LogP contribution in [-0.4, -0.2) is 33.1 Å². The standard InChI is InChI=1S/C15H25NO3S/c1-5-11-16-15(12(3)20(4,17)18)13-7-9-14(10-8-13)19-6-2/h7-10,12,15-16H,5-6,11H2,1-4H3. The highest BCUT2D eigenvalue weighted by Gasteiger charge is 2.26. The number of hydrogen-bond acceptors (Lipinski definition) is 4. The number of ether oxygens (including phenoxy) is 1. The molecule has 0 aliphatic carbocycles. The summed E-state index contributed by atoms with van der Waals surface area (Å²) < 4.78 is 29.0. The van der Waals surface area contributed by atoms with E-state index in [1.165, 1.54) is 6.26 Å². The van der Waals surface area contributed by atoms with E-state index in [4.69, 9.17) is 4.74 Å². The fourth-order valence-electron chi connectivity index (χ4n) is 2.04. The third-order valence-corrected chi connectivity index (χ3v) is 4.93. The topological polar surface area (TPSA) is 55.4 Å². The van der Waals surface area contributed by atoms with Crippen molar-refractivity contribution in [2.24, 2.45) is 0 Å². The van der Waals surface area contributed by atoms with Crippen molar-refractivity contribution in [3.63, 3.8) is 0 Å². The van der Waals surface area contributed by atoms with Crippen LogP contribution in [0.15, 0.2) is 24.3 Å². The average molecular weight is 299 g/mol. The van der Waals surface area contributed by atoms with E-state index in [1.807, 2.05) is 31.2 Å². The molecule has 20 heavy (non-hydrogen) atoms. The van der Waals surface area contributed by atoms with Crippen LogP contribution in [0.25, 0.3) is 0 Å². The highest BCUT2D eigenvalue weighted by molar-refractivity contribution is 7.91. The number of nitrogens with one attached hydrogen (secondary N) is 1. The normalized spacial score (nSPS) is 14.8. The predicted molar refractivity (Wildman–Crippen MR) is 83.0 cm³/mol. The summed E-state index contributed by atoms with van der Waals surface area (Å²) in [5.41, 5.74) is 0.972. The molecule has 5 heteroatoms. The lowest BCUT2D eigenvalue weighted by Crippen LogP contribution is -2.35. The molecule has 4 nitrogen and oxygen atoms in total. The lowest BCUT2D eigenvalue weighted by Gasteiger charge is -2.24. The lowest BCUT2D eigenvalue weighted by molar-refractivity contribution is 0.340. The zero-order chi connectivity index (χ0) is 15.2. The Hall–Kier alpha value is -1.07. The van der Waals surface area contributed by atoms with Crippen molar-refractivity contribution >= 4 is 9.84 Å². The Bertz CT molecular complexity index is 496. The molecule has 1 N–H and O–H groups in total. The second-order valence-corrected chi connectivity index (χ2v) is 7.37. The minimum absolute atomic E-state index is 0.194. The van der Waals surface area contributed by atoms with Gasteiger partial charge in [0.1, 0.15) is 5.75 Å². The second-order valence-electron chi connectivity index (χ2n) is 4.97. The molecule has 0 aliphatic rings. The van der Waals surface area contributed by atoms with E-state index in [0.717, 1.165) is 24.3 Å². The fraction of sp³-hybridized carbons (Fsp3) is 0.600. The van der Waals surface area contributed by atoms with Gasteiger partial charge < -0.3 is 10.1 Å². The number of benzene rings is 1. The highest BCUT2D eigenvalue weighted by Crippen LogP contribution is 2.24. The van der Waals surface area contributed by atoms with Gasteiger partial charge in [0.15, 0.2) is 9.84 Å². The Morgan fingerprint density at radius 3 is 2.25 bits per heavy atom. The third kappa shape index (κ3) is 4.80. The lowest BCUT2D eigenvalue weighted by atomic mass is 10.0. The van der Waals surface area contributed by atoms with E-state index in [2.05, 4.69) is 12.2 Å². The van der Waals surface area contributed by atoms with Gasteiger partial charge in [-0.15, -0.1) is 0 Å². The molecule has 0 fully saturated rings. The molecule has 2 unspecified atom stereocenters. The number of sulfone groups is 1. The number of hydrogen-bond donors (Lipinski definition) is 1. The molecule has 0 aliphatic heterocycles. The van der Waals surface area contributed by atoms with Gasteiger partial charge in [-0.2, -0.15) is 0 Å². The zero-order valence-electron chi connectivity index (χ0n) is 12.7. The van der Waals surface area contributed by atoms with Crippen LogP contribution < -0.4 is 10.1 Å². The maximum absolute atomic E-state index is 11.8. The highest BCUT2D eigenvalue weighted by atomic mass is 32.2. The van der Waals surface area contributed by atoms with Gasteiger partial charge in [-0.25, -0.2) is 8.42 Å². The van der Waals surface area contributed by atoms with E-state index in [9.17, 15) is 8.42 Å². The summed E-state index contributed by atoms with van der Waals surface area (Å²) >= 11 is 0. The van der Waals surface area contributed by atoms with Gasteiger partial charge in [-0.3, -0.25) is 0 Å². The van der Waals surface area contributed by atoms with Crippen LogP contribution in [0.3, 0.4) is 0 Å². The van der Waals surface area contributed by atoms with E-state index in [-0.39, 0.29) is 6.04 Å². The van der Waals surface area contributed by atoms with Crippen LogP contribution in [0, 0.1) is 0 Å². The first-order valence-electron chi connectivity index (χ1n) is 7.05. The first-order valence-corrected chi connectivity index (χ1v) is 9.00. The summed E-state index contributed by atoms with van der Waals surface area (Å²) in [6.45, 7) is 7.16. The van der Waals surface area contributed by atoms with E-state index >= 15 is 0 Å². The van der Waals surface area contributed by atoms with Gasteiger partial charge in [-0.05, 0) is 44.5 Å². The first-order chi connectivity index (χ1) is 9.40. The van der Waals surface area contributed by atoms with E-state index in [0.29, 0.717) is 6.61 Å². The largest absolute Gasteiger partial charge is 0.494 e. The van der Waals surface area contributed by atoms with Gasteiger partial charge in [-0.1, -0.05) is 19.1 Å². The van der Waals surface area contributed by atoms with Gasteiger partial charge in [0, 0.05) is 12.3 Å². The van der Waals surface area contributed by atoms with Crippen LogP contribution in [-0.2, 0) is 9.84 Å². The molecular weight excluding hydrogens is 274 g/mol. The van der Waals surface area contributed by atoms with Gasteiger partial charge in [0.2, 0.25) is 0 Å². The smallest absolute Gasteiger partial charge is 0.151 e. The molecule has 0 saturated carbocycles. The molecule has 0 saturated heterocycles. The number of rotatable bonds is 8. The summed E-state index contributed by atoms with van der Waals surface area (Å²) in [5.74, 6) is 0.803. The average Bonchev–Trinajstić information content (AvgIpc) is 2.40. The minimum Gasteiger partial charge on any atom is -0.494 e. The maximum Gasteiger partial charge on any atom is 0.151 e. The van der Waals surface area contributed by atoms with Crippen molar-refractivity contribution < 1.29 is 13.2 Å². The predicted octanol–water partition coefficient (Wildman–Crippen LogP) is 2.56. The third-order valence-electron chi connectivity index (χ3n) is 3.31. The SMILES string of the molecule is CCCNC(c1ccc(OCC)cc1)C(C)S(C)(=O)=O. The molecule has 0 bridgehead atoms. The monoisotopic (exact) mass is 299 g/mol. The molecule has 1 aromatic carbocycles. The van der Waals surface area contributed by atoms with Crippen LogP contribution in [0.5, 0.6) is 5.75 Å². The van der Waals surface area contributed by atoms with Crippen LogP contribution in [0.2, 0.25) is 0 Å². The molecule has 0 spiro atoms. The summed E-state index contributed by atoms with van der Waals surface area (Å²) in [6.07, 6.45) is 2.25. The van der Waals surface area contributed by atoms with Gasteiger partial charge in [0.05, 0.1) is 11.9 Å². The van der Waals surface area contributed by atoms with Gasteiger partial charge >= 0.3 is 0 Å². The van der Waals surface area contributed by atoms with Crippen molar-refractivity contribution in [2.45, 2.75) is 38.5 Å². The Morgan fingerprint density at radius 1 is 1.20 bits per heavy atom. The first kappa shape index (κ1) is 17.0. The van der Waals surface area contributed by atoms with E-state index in [1.54, 1.807) is 6.92 Å². The van der Waals surface area contributed by atoms with Crippen molar-refractivity contribution in [1.29, 1.82) is 0 Å². The fourth-order valence-corrected chi connectivity index (χ4v) is 2.79.